The highest BCUT2D eigenvalue weighted by atomic mass is 19.1. The molecule has 0 fully saturated rings. The Hall–Kier alpha value is -1.94. The van der Waals surface area contributed by atoms with E-state index < -0.39 is 5.82 Å². The van der Waals surface area contributed by atoms with Crippen LogP contribution in [0.4, 0.5) is 4.39 Å². The number of aromatic nitrogens is 1. The average molecular weight is 260 g/mol. The monoisotopic (exact) mass is 260 g/mol. The van der Waals surface area contributed by atoms with E-state index in [1.165, 1.54) is 6.07 Å². The number of hydrogen-bond acceptors (Lipinski definition) is 3. The van der Waals surface area contributed by atoms with Crippen LogP contribution in [-0.2, 0) is 6.42 Å². The molecule has 0 aliphatic rings. The summed E-state index contributed by atoms with van der Waals surface area (Å²) >= 11 is 0. The van der Waals surface area contributed by atoms with Gasteiger partial charge in [-0.3, -0.25) is 4.98 Å². The number of hydrogen-bond donors (Lipinski definition) is 1. The second kappa shape index (κ2) is 6.29. The smallest absolute Gasteiger partial charge is 0.165 e. The summed E-state index contributed by atoms with van der Waals surface area (Å²) in [5.74, 6) is 0.324. The van der Waals surface area contributed by atoms with E-state index in [4.69, 9.17) is 10.5 Å². The van der Waals surface area contributed by atoms with Crippen molar-refractivity contribution in [2.45, 2.75) is 25.8 Å². The van der Waals surface area contributed by atoms with Crippen molar-refractivity contribution in [1.29, 1.82) is 0 Å². The third-order valence-corrected chi connectivity index (χ3v) is 2.86. The molecule has 0 saturated heterocycles. The molecule has 1 aromatic heterocycles. The summed E-state index contributed by atoms with van der Waals surface area (Å²) in [6.45, 7) is 2.04. The molecule has 0 saturated carbocycles. The highest BCUT2D eigenvalue weighted by Crippen LogP contribution is 2.24. The Balaban J connectivity index is 2.13. The van der Waals surface area contributed by atoms with Crippen LogP contribution in [0.15, 0.2) is 42.7 Å². The van der Waals surface area contributed by atoms with Crippen molar-refractivity contribution in [3.8, 4) is 11.5 Å². The molecule has 100 valence electrons. The van der Waals surface area contributed by atoms with E-state index in [0.29, 0.717) is 5.75 Å². The number of para-hydroxylation sites is 1. The van der Waals surface area contributed by atoms with Gasteiger partial charge >= 0.3 is 0 Å². The van der Waals surface area contributed by atoms with Crippen LogP contribution in [0.25, 0.3) is 0 Å². The third-order valence-electron chi connectivity index (χ3n) is 2.86. The van der Waals surface area contributed by atoms with Gasteiger partial charge in [0.15, 0.2) is 11.6 Å². The maximum absolute atomic E-state index is 13.5. The number of nitrogens with zero attached hydrogens (tertiary/aromatic N) is 1. The van der Waals surface area contributed by atoms with Crippen molar-refractivity contribution in [2.75, 3.05) is 0 Å². The van der Waals surface area contributed by atoms with E-state index in [1.54, 1.807) is 30.6 Å². The minimum Gasteiger partial charge on any atom is -0.453 e. The fourth-order valence-corrected chi connectivity index (χ4v) is 1.73. The first-order chi connectivity index (χ1) is 9.19. The topological polar surface area (TPSA) is 48.1 Å². The van der Waals surface area contributed by atoms with Crippen LogP contribution in [0.5, 0.6) is 11.5 Å². The van der Waals surface area contributed by atoms with E-state index in [0.717, 1.165) is 18.4 Å². The summed E-state index contributed by atoms with van der Waals surface area (Å²) in [5, 5.41) is 0. The van der Waals surface area contributed by atoms with Crippen molar-refractivity contribution >= 4 is 0 Å². The molecule has 0 aliphatic heterocycles. The third kappa shape index (κ3) is 3.76. The summed E-state index contributed by atoms with van der Waals surface area (Å²) < 4.78 is 19.0. The van der Waals surface area contributed by atoms with E-state index in [1.807, 2.05) is 13.0 Å². The highest BCUT2D eigenvalue weighted by molar-refractivity contribution is 5.32. The molecule has 1 unspecified atom stereocenters. The summed E-state index contributed by atoms with van der Waals surface area (Å²) in [6, 6.07) is 8.24. The molecule has 4 heteroatoms. The zero-order valence-electron chi connectivity index (χ0n) is 10.8. The van der Waals surface area contributed by atoms with Gasteiger partial charge < -0.3 is 10.5 Å². The van der Waals surface area contributed by atoms with Gasteiger partial charge in [0.1, 0.15) is 5.75 Å². The van der Waals surface area contributed by atoms with Gasteiger partial charge in [0.2, 0.25) is 0 Å². The predicted molar refractivity (Wildman–Crippen MR) is 72.7 cm³/mol. The Morgan fingerprint density at radius 3 is 2.84 bits per heavy atom. The number of pyridine rings is 1. The summed E-state index contributed by atoms with van der Waals surface area (Å²) in [6.07, 6.45) is 4.95. The van der Waals surface area contributed by atoms with Crippen molar-refractivity contribution < 1.29 is 9.13 Å². The molecular weight excluding hydrogens is 243 g/mol. The molecule has 2 rings (SSSR count). The van der Waals surface area contributed by atoms with E-state index in [-0.39, 0.29) is 11.8 Å². The maximum Gasteiger partial charge on any atom is 0.165 e. The van der Waals surface area contributed by atoms with Gasteiger partial charge in [-0.05, 0) is 36.6 Å². The van der Waals surface area contributed by atoms with Gasteiger partial charge in [-0.15, -0.1) is 0 Å². The normalized spacial score (nSPS) is 12.2. The molecule has 1 heterocycles. The summed E-state index contributed by atoms with van der Waals surface area (Å²) in [5.41, 5.74) is 6.89. The lowest BCUT2D eigenvalue weighted by molar-refractivity contribution is 0.440. The fourth-order valence-electron chi connectivity index (χ4n) is 1.73. The number of benzene rings is 1. The first kappa shape index (κ1) is 13.5. The Morgan fingerprint density at radius 2 is 2.11 bits per heavy atom. The fraction of sp³-hybridized carbons (Fsp3) is 0.267. The molecule has 3 nitrogen and oxygen atoms in total. The van der Waals surface area contributed by atoms with Crippen LogP contribution in [0.3, 0.4) is 0 Å². The van der Waals surface area contributed by atoms with Gasteiger partial charge in [-0.1, -0.05) is 19.1 Å². The van der Waals surface area contributed by atoms with Crippen LogP contribution in [-0.4, -0.2) is 11.0 Å². The zero-order valence-corrected chi connectivity index (χ0v) is 10.8. The number of ether oxygens (including phenoxy) is 1. The Bertz CT molecular complexity index is 545. The Labute approximate surface area is 112 Å². The number of halogens is 1. The first-order valence-corrected chi connectivity index (χ1v) is 6.31. The van der Waals surface area contributed by atoms with Gasteiger partial charge in [0.05, 0.1) is 6.20 Å². The van der Waals surface area contributed by atoms with Crippen LogP contribution >= 0.6 is 0 Å². The van der Waals surface area contributed by atoms with Crippen LogP contribution in [0, 0.1) is 5.82 Å². The van der Waals surface area contributed by atoms with E-state index >= 15 is 0 Å². The summed E-state index contributed by atoms with van der Waals surface area (Å²) in [7, 11) is 0. The second-order valence-electron chi connectivity index (χ2n) is 4.43. The minimum absolute atomic E-state index is 0.102. The highest BCUT2D eigenvalue weighted by Gasteiger charge is 2.06. The average Bonchev–Trinajstić information content (AvgIpc) is 2.42. The predicted octanol–water partition coefficient (Wildman–Crippen LogP) is 3.29. The van der Waals surface area contributed by atoms with Crippen LogP contribution < -0.4 is 10.5 Å². The number of rotatable bonds is 5. The molecule has 0 bridgehead atoms. The molecule has 0 amide bonds. The second-order valence-corrected chi connectivity index (χ2v) is 4.43. The molecule has 2 aromatic rings. The first-order valence-electron chi connectivity index (χ1n) is 6.31. The molecule has 0 spiro atoms. The van der Waals surface area contributed by atoms with Crippen molar-refractivity contribution in [2.24, 2.45) is 5.73 Å². The summed E-state index contributed by atoms with van der Waals surface area (Å²) in [4.78, 5) is 4.09. The van der Waals surface area contributed by atoms with E-state index in [2.05, 4.69) is 4.98 Å². The van der Waals surface area contributed by atoms with E-state index in [9.17, 15) is 4.39 Å². The zero-order chi connectivity index (χ0) is 13.7. The van der Waals surface area contributed by atoms with Gasteiger partial charge in [0, 0.05) is 12.2 Å². The van der Waals surface area contributed by atoms with Gasteiger partial charge in [-0.2, -0.15) is 0 Å². The number of nitrogens with two attached hydrogens (primary N) is 1. The molecule has 1 aromatic carbocycles. The van der Waals surface area contributed by atoms with Crippen LogP contribution in [0.2, 0.25) is 0 Å². The minimum atomic E-state index is -0.391. The molecule has 2 N–H and O–H groups in total. The lowest BCUT2D eigenvalue weighted by atomic mass is 10.1. The Kier molecular flexibility index (Phi) is 4.47. The molecule has 1 atom stereocenters. The maximum atomic E-state index is 13.5. The molecule has 0 radical (unpaired) electrons. The lowest BCUT2D eigenvalue weighted by Crippen LogP contribution is -2.21. The van der Waals surface area contributed by atoms with Crippen molar-refractivity contribution in [1.82, 2.24) is 4.98 Å². The quantitative estimate of drug-likeness (QED) is 0.897. The Morgan fingerprint density at radius 1 is 1.32 bits per heavy atom. The molecular formula is C15H17FN2O. The van der Waals surface area contributed by atoms with Gasteiger partial charge in [-0.25, -0.2) is 4.39 Å². The SMILES string of the molecule is CCC(N)Cc1cncc(Oc2ccccc2F)c1. The molecule has 19 heavy (non-hydrogen) atoms. The standard InChI is InChI=1S/C15H17FN2O/c1-2-12(17)7-11-8-13(10-18-9-11)19-15-6-4-3-5-14(15)16/h3-6,8-10,12H,2,7,17H2,1H3. The van der Waals surface area contributed by atoms with Crippen LogP contribution in [0.1, 0.15) is 18.9 Å². The van der Waals surface area contributed by atoms with Crippen molar-refractivity contribution in [3.63, 3.8) is 0 Å². The molecule has 0 aliphatic carbocycles. The van der Waals surface area contributed by atoms with Gasteiger partial charge in [0.25, 0.3) is 0 Å². The largest absolute Gasteiger partial charge is 0.453 e. The van der Waals surface area contributed by atoms with Crippen molar-refractivity contribution in [3.05, 3.63) is 54.1 Å². The lowest BCUT2D eigenvalue weighted by Gasteiger charge is -2.10.